The van der Waals surface area contributed by atoms with E-state index in [4.69, 9.17) is 9.47 Å². The molecule has 0 saturated heterocycles. The normalized spacial score (nSPS) is 24.7. The summed E-state index contributed by atoms with van der Waals surface area (Å²) < 4.78 is 15.3. The van der Waals surface area contributed by atoms with E-state index in [1.807, 2.05) is 19.1 Å². The van der Waals surface area contributed by atoms with Gasteiger partial charge in [-0.15, -0.1) is 0 Å². The molecule has 0 aromatic heterocycles. The number of ether oxygens (including phenoxy) is 3. The lowest BCUT2D eigenvalue weighted by Crippen LogP contribution is -2.16. The molecule has 37 heavy (non-hydrogen) atoms. The fourth-order valence-electron chi connectivity index (χ4n) is 3.27. The number of carbonyl (C=O) groups excluding carboxylic acids is 3. The molecule has 2 N–H and O–H groups in total. The molecule has 1 rings (SSSR count). The highest BCUT2D eigenvalue weighted by Gasteiger charge is 2.13. The van der Waals surface area contributed by atoms with Crippen LogP contribution in [0.4, 0.5) is 0 Å². The molecule has 8 heteroatoms. The highest BCUT2D eigenvalue weighted by molar-refractivity contribution is 5.82. The van der Waals surface area contributed by atoms with Gasteiger partial charge in [0.25, 0.3) is 0 Å². The Kier molecular flexibility index (Phi) is 17.1. The average molecular weight is 517 g/mol. The van der Waals surface area contributed by atoms with Gasteiger partial charge in [-0.05, 0) is 38.7 Å². The Morgan fingerprint density at radius 3 is 2.41 bits per heavy atom. The Morgan fingerprint density at radius 1 is 0.946 bits per heavy atom. The summed E-state index contributed by atoms with van der Waals surface area (Å²) in [4.78, 5) is 35.4. The molecule has 0 amide bonds. The van der Waals surface area contributed by atoms with Crippen LogP contribution in [0.3, 0.4) is 0 Å². The van der Waals surface area contributed by atoms with Gasteiger partial charge in [-0.3, -0.25) is 9.59 Å². The van der Waals surface area contributed by atoms with Crippen molar-refractivity contribution in [3.05, 3.63) is 72.9 Å². The summed E-state index contributed by atoms with van der Waals surface area (Å²) in [7, 11) is 1.25. The van der Waals surface area contributed by atoms with Crippen LogP contribution in [-0.2, 0) is 28.6 Å². The number of methoxy groups -OCH3 is 1. The predicted molar refractivity (Wildman–Crippen MR) is 141 cm³/mol. The molecule has 0 radical (unpaired) electrons. The Bertz CT molecular complexity index is 865. The van der Waals surface area contributed by atoms with Crippen LogP contribution in [0.15, 0.2) is 72.9 Å². The van der Waals surface area contributed by atoms with Crippen molar-refractivity contribution in [1.82, 2.24) is 0 Å². The Hall–Kier alpha value is -3.23. The zero-order valence-corrected chi connectivity index (χ0v) is 21.7. The minimum atomic E-state index is -0.762. The van der Waals surface area contributed by atoms with Gasteiger partial charge < -0.3 is 24.4 Å². The second-order valence-electron chi connectivity index (χ2n) is 8.62. The van der Waals surface area contributed by atoms with E-state index >= 15 is 0 Å². The van der Waals surface area contributed by atoms with E-state index in [2.05, 4.69) is 4.74 Å². The standard InChI is InChI=1S/C29H40O8/c1-23-14-8-4-3-5-9-15-24(30)22-25(31)16-10-6-11-17-26(18-12-7-13-19-28(33)36-23)37-29(34)21-20-27(32)35-2/h3,5-7,9-13,15,17,19,23-26,30-31H,4,8,14,16,18,20-22H2,1-2H3. The number of rotatable bonds is 4. The molecule has 1 heterocycles. The van der Waals surface area contributed by atoms with Crippen molar-refractivity contribution in [2.45, 2.75) is 82.7 Å². The SMILES string of the molecule is COC(=O)CCC(=O)OC1C=CC=CCC(O)CC(O)C=CC=CCCCC(C)OC(=O)C=CC=CC1. The van der Waals surface area contributed by atoms with Crippen LogP contribution in [0, 0.1) is 0 Å². The number of aliphatic hydroxyl groups is 2. The van der Waals surface area contributed by atoms with Gasteiger partial charge in [-0.25, -0.2) is 4.79 Å². The minimum Gasteiger partial charge on any atom is -0.469 e. The number of allylic oxidation sites excluding steroid dienone is 7. The molecule has 0 aliphatic carbocycles. The first-order valence-electron chi connectivity index (χ1n) is 12.6. The number of hydrogen-bond donors (Lipinski definition) is 2. The van der Waals surface area contributed by atoms with E-state index in [-0.39, 0.29) is 25.4 Å². The number of cyclic esters (lactones) is 1. The van der Waals surface area contributed by atoms with Crippen LogP contribution < -0.4 is 0 Å². The largest absolute Gasteiger partial charge is 0.469 e. The number of hydrogen-bond acceptors (Lipinski definition) is 8. The highest BCUT2D eigenvalue weighted by atomic mass is 16.5. The van der Waals surface area contributed by atoms with Crippen LogP contribution in [0.1, 0.15) is 58.3 Å². The molecule has 8 nitrogen and oxygen atoms in total. The molecule has 4 unspecified atom stereocenters. The van der Waals surface area contributed by atoms with Crippen LogP contribution in [0.25, 0.3) is 0 Å². The smallest absolute Gasteiger partial charge is 0.331 e. The third kappa shape index (κ3) is 17.8. The molecular weight excluding hydrogens is 476 g/mol. The van der Waals surface area contributed by atoms with Crippen molar-refractivity contribution in [2.75, 3.05) is 7.11 Å². The molecule has 0 bridgehead atoms. The van der Waals surface area contributed by atoms with Gasteiger partial charge in [0.05, 0.1) is 38.3 Å². The third-order valence-electron chi connectivity index (χ3n) is 5.27. The summed E-state index contributed by atoms with van der Waals surface area (Å²) in [5.74, 6) is -1.46. The quantitative estimate of drug-likeness (QED) is 0.422. The second-order valence-corrected chi connectivity index (χ2v) is 8.62. The summed E-state index contributed by atoms with van der Waals surface area (Å²) in [5.41, 5.74) is 0. The first-order chi connectivity index (χ1) is 17.8. The maximum absolute atomic E-state index is 12.1. The molecule has 0 aromatic rings. The number of carbonyl (C=O) groups is 3. The molecule has 204 valence electrons. The van der Waals surface area contributed by atoms with Gasteiger partial charge in [0.2, 0.25) is 0 Å². The maximum atomic E-state index is 12.1. The molecule has 1 aliphatic rings. The van der Waals surface area contributed by atoms with Gasteiger partial charge in [-0.1, -0.05) is 60.8 Å². The van der Waals surface area contributed by atoms with E-state index < -0.39 is 36.2 Å². The summed E-state index contributed by atoms with van der Waals surface area (Å²) in [6, 6.07) is 0. The van der Waals surface area contributed by atoms with Crippen LogP contribution in [0.5, 0.6) is 0 Å². The molecule has 0 fully saturated rings. The fourth-order valence-corrected chi connectivity index (χ4v) is 3.27. The van der Waals surface area contributed by atoms with Crippen molar-refractivity contribution in [1.29, 1.82) is 0 Å². The molecule has 0 aromatic carbocycles. The first kappa shape index (κ1) is 31.8. The summed E-state index contributed by atoms with van der Waals surface area (Å²) in [6.45, 7) is 1.84. The second kappa shape index (κ2) is 19.9. The Balaban J connectivity index is 2.86. The van der Waals surface area contributed by atoms with Gasteiger partial charge in [0, 0.05) is 18.9 Å². The van der Waals surface area contributed by atoms with Crippen LogP contribution in [-0.4, -0.2) is 59.6 Å². The van der Waals surface area contributed by atoms with E-state index in [0.717, 1.165) is 19.3 Å². The fraction of sp³-hybridized carbons (Fsp3) is 0.483. The number of aliphatic hydroxyl groups excluding tert-OH is 2. The zero-order chi connectivity index (χ0) is 27.3. The lowest BCUT2D eigenvalue weighted by Gasteiger charge is -2.12. The topological polar surface area (TPSA) is 119 Å². The third-order valence-corrected chi connectivity index (χ3v) is 5.27. The maximum Gasteiger partial charge on any atom is 0.331 e. The minimum absolute atomic E-state index is 0.0694. The summed E-state index contributed by atoms with van der Waals surface area (Å²) >= 11 is 0. The van der Waals surface area contributed by atoms with E-state index in [9.17, 15) is 24.6 Å². The van der Waals surface area contributed by atoms with E-state index in [1.165, 1.54) is 13.2 Å². The van der Waals surface area contributed by atoms with Gasteiger partial charge in [-0.2, -0.15) is 0 Å². The summed E-state index contributed by atoms with van der Waals surface area (Å²) in [5, 5.41) is 20.2. The zero-order valence-electron chi connectivity index (χ0n) is 21.7. The molecule has 1 aliphatic heterocycles. The lowest BCUT2D eigenvalue weighted by atomic mass is 10.1. The monoisotopic (exact) mass is 516 g/mol. The van der Waals surface area contributed by atoms with E-state index in [1.54, 1.807) is 54.7 Å². The van der Waals surface area contributed by atoms with E-state index in [0.29, 0.717) is 12.8 Å². The van der Waals surface area contributed by atoms with Gasteiger partial charge >= 0.3 is 17.9 Å². The molecule has 0 saturated carbocycles. The first-order valence-corrected chi connectivity index (χ1v) is 12.6. The van der Waals surface area contributed by atoms with Crippen molar-refractivity contribution >= 4 is 17.9 Å². The Labute approximate surface area is 219 Å². The van der Waals surface area contributed by atoms with Crippen molar-refractivity contribution in [3.8, 4) is 0 Å². The predicted octanol–water partition coefficient (Wildman–Crippen LogP) is 4.20. The van der Waals surface area contributed by atoms with Gasteiger partial charge in [0.1, 0.15) is 6.10 Å². The Morgan fingerprint density at radius 2 is 1.62 bits per heavy atom. The molecular formula is C29H40O8. The van der Waals surface area contributed by atoms with Crippen molar-refractivity contribution in [2.24, 2.45) is 0 Å². The van der Waals surface area contributed by atoms with Gasteiger partial charge in [0.15, 0.2) is 0 Å². The molecule has 0 spiro atoms. The average Bonchev–Trinajstić information content (AvgIpc) is 2.85. The summed E-state index contributed by atoms with van der Waals surface area (Å²) in [6.07, 6.45) is 21.3. The van der Waals surface area contributed by atoms with Crippen molar-refractivity contribution < 1.29 is 38.8 Å². The highest BCUT2D eigenvalue weighted by Crippen LogP contribution is 2.09. The lowest BCUT2D eigenvalue weighted by molar-refractivity contribution is -0.151. The number of esters is 3. The van der Waals surface area contributed by atoms with Crippen molar-refractivity contribution in [3.63, 3.8) is 0 Å². The van der Waals surface area contributed by atoms with Crippen LogP contribution >= 0.6 is 0 Å². The molecule has 4 atom stereocenters. The van der Waals surface area contributed by atoms with Crippen LogP contribution in [0.2, 0.25) is 0 Å².